The van der Waals surface area contributed by atoms with E-state index in [1.165, 1.54) is 122 Å². The molecular formula is C51H90O6. The van der Waals surface area contributed by atoms with Crippen molar-refractivity contribution < 1.29 is 28.6 Å². The predicted octanol–water partition coefficient (Wildman–Crippen LogP) is 15.5. The van der Waals surface area contributed by atoms with Gasteiger partial charge in [0.25, 0.3) is 0 Å². The first-order chi connectivity index (χ1) is 28.0. The zero-order valence-corrected chi connectivity index (χ0v) is 37.6. The molecule has 0 spiro atoms. The fourth-order valence-corrected chi connectivity index (χ4v) is 6.61. The summed E-state index contributed by atoms with van der Waals surface area (Å²) in [5, 5.41) is 0. The van der Waals surface area contributed by atoms with Crippen LogP contribution in [0.1, 0.15) is 239 Å². The van der Waals surface area contributed by atoms with Gasteiger partial charge in [0.15, 0.2) is 6.10 Å². The van der Waals surface area contributed by atoms with Crippen molar-refractivity contribution in [2.24, 2.45) is 0 Å². The third-order valence-electron chi connectivity index (χ3n) is 10.3. The first-order valence-corrected chi connectivity index (χ1v) is 24.1. The second-order valence-corrected chi connectivity index (χ2v) is 16.0. The third kappa shape index (κ3) is 44.3. The summed E-state index contributed by atoms with van der Waals surface area (Å²) >= 11 is 0. The summed E-state index contributed by atoms with van der Waals surface area (Å²) in [7, 11) is 0. The smallest absolute Gasteiger partial charge is 0.306 e. The van der Waals surface area contributed by atoms with Crippen molar-refractivity contribution in [2.45, 2.75) is 245 Å². The lowest BCUT2D eigenvalue weighted by atomic mass is 10.0. The van der Waals surface area contributed by atoms with Crippen molar-refractivity contribution in [1.82, 2.24) is 0 Å². The minimum atomic E-state index is -0.791. The van der Waals surface area contributed by atoms with E-state index in [1.807, 2.05) is 0 Å². The monoisotopic (exact) mass is 799 g/mol. The highest BCUT2D eigenvalue weighted by Crippen LogP contribution is 2.14. The summed E-state index contributed by atoms with van der Waals surface area (Å²) in [6, 6.07) is 0. The molecule has 0 rings (SSSR count). The molecule has 0 saturated heterocycles. The molecule has 57 heavy (non-hydrogen) atoms. The maximum atomic E-state index is 12.7. The molecule has 0 aliphatic carbocycles. The summed E-state index contributed by atoms with van der Waals surface area (Å²) in [6.45, 7) is 6.53. The van der Waals surface area contributed by atoms with Gasteiger partial charge >= 0.3 is 17.9 Å². The van der Waals surface area contributed by atoms with Gasteiger partial charge in [0.05, 0.1) is 0 Å². The van der Waals surface area contributed by atoms with Crippen molar-refractivity contribution in [3.05, 3.63) is 48.6 Å². The van der Waals surface area contributed by atoms with Gasteiger partial charge in [-0.2, -0.15) is 0 Å². The highest BCUT2D eigenvalue weighted by Gasteiger charge is 2.19. The highest BCUT2D eigenvalue weighted by atomic mass is 16.6. The van der Waals surface area contributed by atoms with Crippen molar-refractivity contribution in [2.75, 3.05) is 13.2 Å². The Morgan fingerprint density at radius 3 is 1.12 bits per heavy atom. The molecule has 330 valence electrons. The number of unbranched alkanes of at least 4 members (excludes halogenated alkanes) is 24. The van der Waals surface area contributed by atoms with Crippen LogP contribution in [0.15, 0.2) is 48.6 Å². The van der Waals surface area contributed by atoms with Crippen LogP contribution in [0.4, 0.5) is 0 Å². The number of esters is 3. The molecule has 0 aliphatic heterocycles. The number of carbonyl (C=O) groups excluding carboxylic acids is 3. The Morgan fingerprint density at radius 2 is 0.649 bits per heavy atom. The molecule has 0 amide bonds. The number of rotatable bonds is 43. The van der Waals surface area contributed by atoms with Gasteiger partial charge in [-0.15, -0.1) is 0 Å². The summed E-state index contributed by atoms with van der Waals surface area (Å²) in [5.41, 5.74) is 0. The average Bonchev–Trinajstić information content (AvgIpc) is 3.21. The Labute approximate surface area is 352 Å². The summed E-state index contributed by atoms with van der Waals surface area (Å²) in [4.78, 5) is 37.8. The predicted molar refractivity (Wildman–Crippen MR) is 242 cm³/mol. The second kappa shape index (κ2) is 46.1. The number of carbonyl (C=O) groups is 3. The first kappa shape index (κ1) is 54.4. The van der Waals surface area contributed by atoms with Crippen LogP contribution in [0.3, 0.4) is 0 Å². The Hall–Kier alpha value is -2.63. The molecule has 6 nitrogen and oxygen atoms in total. The topological polar surface area (TPSA) is 78.9 Å². The molecule has 6 heteroatoms. The van der Waals surface area contributed by atoms with E-state index in [9.17, 15) is 14.4 Å². The van der Waals surface area contributed by atoms with Crippen LogP contribution in [0.5, 0.6) is 0 Å². The van der Waals surface area contributed by atoms with Crippen LogP contribution < -0.4 is 0 Å². The van der Waals surface area contributed by atoms with E-state index in [-0.39, 0.29) is 37.5 Å². The van der Waals surface area contributed by atoms with E-state index in [4.69, 9.17) is 14.2 Å². The standard InChI is InChI=1S/C51H90O6/c1-4-7-10-13-16-19-22-24-25-27-30-33-36-39-42-45-51(54)57-48(46-55-49(52)43-40-37-34-31-28-21-18-15-12-9-6-3)47-56-50(53)44-41-38-35-32-29-26-23-20-17-14-11-8-5-2/h15-16,18-19,24-25,30,33,48H,4-14,17,20-23,26-29,31-32,34-47H2,1-3H3/b18-15-,19-16-,25-24-,33-30-/t48-/m1/s1. The lowest BCUT2D eigenvalue weighted by Gasteiger charge is -2.18. The van der Waals surface area contributed by atoms with E-state index in [0.717, 1.165) is 70.6 Å². The quantitative estimate of drug-likeness (QED) is 0.0265. The van der Waals surface area contributed by atoms with E-state index < -0.39 is 6.10 Å². The van der Waals surface area contributed by atoms with E-state index in [2.05, 4.69) is 69.4 Å². The van der Waals surface area contributed by atoms with Gasteiger partial charge < -0.3 is 14.2 Å². The largest absolute Gasteiger partial charge is 0.462 e. The lowest BCUT2D eigenvalue weighted by Crippen LogP contribution is -2.30. The van der Waals surface area contributed by atoms with Crippen LogP contribution in [0, 0.1) is 0 Å². The molecule has 0 heterocycles. The van der Waals surface area contributed by atoms with Crippen molar-refractivity contribution >= 4 is 17.9 Å². The van der Waals surface area contributed by atoms with Crippen LogP contribution in [-0.2, 0) is 28.6 Å². The van der Waals surface area contributed by atoms with E-state index in [0.29, 0.717) is 19.3 Å². The lowest BCUT2D eigenvalue weighted by molar-refractivity contribution is -0.167. The van der Waals surface area contributed by atoms with Gasteiger partial charge in [0, 0.05) is 19.3 Å². The van der Waals surface area contributed by atoms with Crippen LogP contribution in [0.25, 0.3) is 0 Å². The van der Waals surface area contributed by atoms with E-state index >= 15 is 0 Å². The van der Waals surface area contributed by atoms with Crippen LogP contribution in [0.2, 0.25) is 0 Å². The number of allylic oxidation sites excluding steroid dienone is 8. The molecule has 0 saturated carbocycles. The molecule has 1 atom stereocenters. The Kier molecular flexibility index (Phi) is 43.9. The minimum Gasteiger partial charge on any atom is -0.462 e. The Balaban J connectivity index is 4.44. The fourth-order valence-electron chi connectivity index (χ4n) is 6.61. The molecule has 0 aromatic rings. The summed E-state index contributed by atoms with van der Waals surface area (Å²) < 4.78 is 16.7. The Morgan fingerprint density at radius 1 is 0.351 bits per heavy atom. The molecular weight excluding hydrogens is 709 g/mol. The second-order valence-electron chi connectivity index (χ2n) is 16.0. The number of hydrogen-bond acceptors (Lipinski definition) is 6. The van der Waals surface area contributed by atoms with Gasteiger partial charge in [-0.25, -0.2) is 0 Å². The maximum Gasteiger partial charge on any atom is 0.306 e. The molecule has 0 aliphatic rings. The normalized spacial score (nSPS) is 12.4. The maximum absolute atomic E-state index is 12.7. The molecule has 0 bridgehead atoms. The molecule has 0 N–H and O–H groups in total. The molecule has 0 aromatic carbocycles. The van der Waals surface area contributed by atoms with Crippen molar-refractivity contribution in [3.8, 4) is 0 Å². The van der Waals surface area contributed by atoms with Gasteiger partial charge in [0.1, 0.15) is 13.2 Å². The van der Waals surface area contributed by atoms with Crippen LogP contribution in [-0.4, -0.2) is 37.2 Å². The third-order valence-corrected chi connectivity index (χ3v) is 10.3. The zero-order chi connectivity index (χ0) is 41.5. The molecule has 0 radical (unpaired) electrons. The minimum absolute atomic E-state index is 0.0892. The Bertz CT molecular complexity index is 1010. The number of hydrogen-bond donors (Lipinski definition) is 0. The SMILES string of the molecule is CCCC/C=C\CCCCCCCC(=O)OC[C@H](COC(=O)CCCCCCCCCCCCCCC)OC(=O)CCCC/C=C\C/C=C\C/C=C\CCCCC. The molecule has 0 unspecified atom stereocenters. The summed E-state index contributed by atoms with van der Waals surface area (Å²) in [5.74, 6) is -0.936. The van der Waals surface area contributed by atoms with Gasteiger partial charge in [-0.1, -0.05) is 191 Å². The van der Waals surface area contributed by atoms with Crippen molar-refractivity contribution in [1.29, 1.82) is 0 Å². The van der Waals surface area contributed by atoms with E-state index in [1.54, 1.807) is 0 Å². The number of ether oxygens (including phenoxy) is 3. The van der Waals surface area contributed by atoms with Crippen LogP contribution >= 0.6 is 0 Å². The zero-order valence-electron chi connectivity index (χ0n) is 37.6. The average molecular weight is 799 g/mol. The van der Waals surface area contributed by atoms with Gasteiger partial charge in [0.2, 0.25) is 0 Å². The molecule has 0 fully saturated rings. The first-order valence-electron chi connectivity index (χ1n) is 24.1. The molecule has 0 aromatic heterocycles. The van der Waals surface area contributed by atoms with Gasteiger partial charge in [-0.05, 0) is 77.0 Å². The fraction of sp³-hybridized carbons (Fsp3) is 0.784. The summed E-state index contributed by atoms with van der Waals surface area (Å²) in [6.07, 6.45) is 53.8. The van der Waals surface area contributed by atoms with Gasteiger partial charge in [-0.3, -0.25) is 14.4 Å². The highest BCUT2D eigenvalue weighted by molar-refractivity contribution is 5.71. The van der Waals surface area contributed by atoms with Crippen molar-refractivity contribution in [3.63, 3.8) is 0 Å².